The number of hydrogen-bond donors (Lipinski definition) is 1. The number of rotatable bonds is 3. The number of aromatic nitrogens is 1. The minimum Gasteiger partial charge on any atom is -0.497 e. The predicted octanol–water partition coefficient (Wildman–Crippen LogP) is 1.86. The molecule has 0 unspecified atom stereocenters. The number of likely N-dealkylation sites (N-methyl/N-ethyl adjacent to an activating group) is 1. The highest BCUT2D eigenvalue weighted by Gasteiger charge is 2.22. The van der Waals surface area contributed by atoms with E-state index in [1.165, 1.54) is 0 Å². The number of hydrogen-bond acceptors (Lipinski definition) is 4. The van der Waals surface area contributed by atoms with Crippen molar-refractivity contribution in [2.45, 2.75) is 19.4 Å². The first-order chi connectivity index (χ1) is 10.1. The lowest BCUT2D eigenvalue weighted by Gasteiger charge is -2.27. The Kier molecular flexibility index (Phi) is 3.51. The summed E-state index contributed by atoms with van der Waals surface area (Å²) in [6.07, 6.45) is 0.878. The maximum atomic E-state index is 11.3. The first-order valence-corrected chi connectivity index (χ1v) is 6.97. The lowest BCUT2D eigenvalue weighted by molar-refractivity contribution is -0.136. The highest BCUT2D eigenvalue weighted by molar-refractivity contribution is 5.88. The van der Waals surface area contributed by atoms with Gasteiger partial charge in [-0.3, -0.25) is 9.78 Å². The van der Waals surface area contributed by atoms with Crippen LogP contribution in [0.25, 0.3) is 10.9 Å². The molecule has 3 rings (SSSR count). The van der Waals surface area contributed by atoms with Crippen LogP contribution in [0.5, 0.6) is 5.75 Å². The molecule has 0 saturated carbocycles. The molecule has 0 radical (unpaired) electrons. The first kappa shape index (κ1) is 13.8. The van der Waals surface area contributed by atoms with Crippen molar-refractivity contribution in [2.75, 3.05) is 20.7 Å². The van der Waals surface area contributed by atoms with Crippen LogP contribution in [0, 0.1) is 0 Å². The van der Waals surface area contributed by atoms with Gasteiger partial charge in [-0.1, -0.05) is 0 Å². The molecule has 2 aromatic rings. The molecule has 1 aliphatic heterocycles. The van der Waals surface area contributed by atoms with Crippen LogP contribution < -0.4 is 4.74 Å². The third-order valence-electron chi connectivity index (χ3n) is 3.98. The fraction of sp³-hybridized carbons (Fsp3) is 0.375. The van der Waals surface area contributed by atoms with E-state index in [0.29, 0.717) is 0 Å². The van der Waals surface area contributed by atoms with E-state index < -0.39 is 5.97 Å². The van der Waals surface area contributed by atoms with Crippen LogP contribution >= 0.6 is 0 Å². The number of benzene rings is 1. The van der Waals surface area contributed by atoms with Gasteiger partial charge in [-0.2, -0.15) is 0 Å². The van der Waals surface area contributed by atoms with Crippen molar-refractivity contribution in [3.05, 3.63) is 35.0 Å². The first-order valence-electron chi connectivity index (χ1n) is 6.97. The Morgan fingerprint density at radius 1 is 1.48 bits per heavy atom. The molecule has 0 amide bonds. The Morgan fingerprint density at radius 2 is 2.29 bits per heavy atom. The summed E-state index contributed by atoms with van der Waals surface area (Å²) in [5, 5.41) is 10.1. The van der Waals surface area contributed by atoms with Crippen molar-refractivity contribution < 1.29 is 14.6 Å². The molecule has 0 fully saturated rings. The number of aliphatic carboxylic acids is 1. The van der Waals surface area contributed by atoms with E-state index in [0.717, 1.165) is 53.0 Å². The van der Waals surface area contributed by atoms with E-state index >= 15 is 0 Å². The fourth-order valence-electron chi connectivity index (χ4n) is 2.92. The Balaban J connectivity index is 2.27. The maximum absolute atomic E-state index is 11.3. The molecule has 1 aromatic carbocycles. The van der Waals surface area contributed by atoms with Crippen LogP contribution in [-0.2, 0) is 24.2 Å². The largest absolute Gasteiger partial charge is 0.497 e. The second-order valence-corrected chi connectivity index (χ2v) is 5.46. The lowest BCUT2D eigenvalue weighted by Crippen LogP contribution is -2.29. The summed E-state index contributed by atoms with van der Waals surface area (Å²) in [6, 6.07) is 5.65. The monoisotopic (exact) mass is 286 g/mol. The van der Waals surface area contributed by atoms with Gasteiger partial charge in [-0.05, 0) is 36.4 Å². The molecule has 1 aliphatic rings. The molecule has 5 heteroatoms. The molecular weight excluding hydrogens is 268 g/mol. The third-order valence-corrected chi connectivity index (χ3v) is 3.98. The summed E-state index contributed by atoms with van der Waals surface area (Å²) in [7, 11) is 3.65. The molecule has 5 nitrogen and oxygen atoms in total. The van der Waals surface area contributed by atoms with E-state index in [9.17, 15) is 9.90 Å². The zero-order chi connectivity index (χ0) is 15.0. The SMILES string of the molecule is COc1ccc2nc3c(c(CC(=O)O)c2c1)CN(C)CC3. The minimum absolute atomic E-state index is 0.0162. The zero-order valence-corrected chi connectivity index (χ0v) is 12.2. The average Bonchev–Trinajstić information content (AvgIpc) is 2.47. The Morgan fingerprint density at radius 3 is 3.00 bits per heavy atom. The number of nitrogens with zero attached hydrogens (tertiary/aromatic N) is 2. The molecule has 110 valence electrons. The van der Waals surface area contributed by atoms with Crippen LogP contribution in [0.1, 0.15) is 16.8 Å². The van der Waals surface area contributed by atoms with Gasteiger partial charge in [0.05, 0.1) is 19.0 Å². The van der Waals surface area contributed by atoms with E-state index in [-0.39, 0.29) is 6.42 Å². The minimum atomic E-state index is -0.819. The average molecular weight is 286 g/mol. The van der Waals surface area contributed by atoms with Crippen molar-refractivity contribution >= 4 is 16.9 Å². The molecular formula is C16H18N2O3. The highest BCUT2D eigenvalue weighted by Crippen LogP contribution is 2.30. The molecule has 1 aromatic heterocycles. The molecule has 0 aliphatic carbocycles. The quantitative estimate of drug-likeness (QED) is 0.933. The molecule has 21 heavy (non-hydrogen) atoms. The summed E-state index contributed by atoms with van der Waals surface area (Å²) < 4.78 is 5.26. The molecule has 0 atom stereocenters. The third kappa shape index (κ3) is 2.56. The van der Waals surface area contributed by atoms with Crippen molar-refractivity contribution in [1.82, 2.24) is 9.88 Å². The van der Waals surface area contributed by atoms with Crippen molar-refractivity contribution in [1.29, 1.82) is 0 Å². The lowest BCUT2D eigenvalue weighted by atomic mass is 9.94. The van der Waals surface area contributed by atoms with Gasteiger partial charge in [0, 0.05) is 30.6 Å². The topological polar surface area (TPSA) is 62.7 Å². The van der Waals surface area contributed by atoms with E-state index in [4.69, 9.17) is 9.72 Å². The predicted molar refractivity (Wildman–Crippen MR) is 79.7 cm³/mol. The number of pyridine rings is 1. The van der Waals surface area contributed by atoms with Crippen LogP contribution in [0.4, 0.5) is 0 Å². The van der Waals surface area contributed by atoms with E-state index in [2.05, 4.69) is 4.90 Å². The molecule has 0 bridgehead atoms. The molecule has 0 spiro atoms. The van der Waals surface area contributed by atoms with Gasteiger partial charge >= 0.3 is 5.97 Å². The summed E-state index contributed by atoms with van der Waals surface area (Å²) >= 11 is 0. The van der Waals surface area contributed by atoms with Crippen LogP contribution in [0.2, 0.25) is 0 Å². The van der Waals surface area contributed by atoms with Gasteiger partial charge < -0.3 is 14.7 Å². The van der Waals surface area contributed by atoms with E-state index in [1.807, 2.05) is 25.2 Å². The summed E-state index contributed by atoms with van der Waals surface area (Å²) in [4.78, 5) is 18.2. The Bertz CT molecular complexity index is 712. The van der Waals surface area contributed by atoms with Crippen LogP contribution in [0.3, 0.4) is 0 Å². The number of carboxylic acid groups (broad SMARTS) is 1. The van der Waals surface area contributed by atoms with Gasteiger partial charge in [-0.15, -0.1) is 0 Å². The normalized spacial score (nSPS) is 15.0. The fourth-order valence-corrected chi connectivity index (χ4v) is 2.92. The van der Waals surface area contributed by atoms with Crippen molar-refractivity contribution in [3.63, 3.8) is 0 Å². The van der Waals surface area contributed by atoms with Crippen LogP contribution in [-0.4, -0.2) is 41.7 Å². The van der Waals surface area contributed by atoms with Crippen LogP contribution in [0.15, 0.2) is 18.2 Å². The number of carbonyl (C=O) groups is 1. The van der Waals surface area contributed by atoms with Gasteiger partial charge in [0.1, 0.15) is 5.75 Å². The summed E-state index contributed by atoms with van der Waals surface area (Å²) in [5.74, 6) is -0.0965. The van der Waals surface area contributed by atoms with Gasteiger partial charge in [0.25, 0.3) is 0 Å². The van der Waals surface area contributed by atoms with E-state index in [1.54, 1.807) is 7.11 Å². The summed E-state index contributed by atoms with van der Waals surface area (Å²) in [6.45, 7) is 1.70. The standard InChI is InChI=1S/C16H18N2O3/c1-18-6-5-15-13(9-18)11(8-16(19)20)12-7-10(21-2)3-4-14(12)17-15/h3-4,7H,5-6,8-9H2,1-2H3,(H,19,20). The molecule has 1 N–H and O–H groups in total. The number of methoxy groups -OCH3 is 1. The van der Waals surface area contributed by atoms with Gasteiger partial charge in [0.2, 0.25) is 0 Å². The number of fused-ring (bicyclic) bond motifs is 2. The van der Waals surface area contributed by atoms with Crippen molar-refractivity contribution in [2.24, 2.45) is 0 Å². The second kappa shape index (κ2) is 5.33. The maximum Gasteiger partial charge on any atom is 0.307 e. The zero-order valence-electron chi connectivity index (χ0n) is 12.2. The second-order valence-electron chi connectivity index (χ2n) is 5.46. The summed E-state index contributed by atoms with van der Waals surface area (Å²) in [5.41, 5.74) is 3.80. The molecule has 2 heterocycles. The van der Waals surface area contributed by atoms with Gasteiger partial charge in [0.15, 0.2) is 0 Å². The Labute approximate surface area is 123 Å². The number of ether oxygens (including phenoxy) is 1. The van der Waals surface area contributed by atoms with Gasteiger partial charge in [-0.25, -0.2) is 0 Å². The highest BCUT2D eigenvalue weighted by atomic mass is 16.5. The van der Waals surface area contributed by atoms with Crippen molar-refractivity contribution in [3.8, 4) is 5.75 Å². The smallest absolute Gasteiger partial charge is 0.307 e. The Hall–Kier alpha value is -2.14. The number of carboxylic acids is 1. The molecule has 0 saturated heterocycles.